The number of nitrogens with one attached hydrogen (secondary N) is 1. The molecule has 1 saturated heterocycles. The molecule has 2 heterocycles. The maximum absolute atomic E-state index is 12.6. The molecule has 2 aromatic rings. The van der Waals surface area contributed by atoms with Crippen molar-refractivity contribution in [3.8, 4) is 5.69 Å². The summed E-state index contributed by atoms with van der Waals surface area (Å²) in [6.07, 6.45) is 1.38. The molecule has 3 rings (SSSR count). The number of H-pyrrole nitrogens is 1. The molecule has 7 nitrogen and oxygen atoms in total. The van der Waals surface area contributed by atoms with E-state index in [1.807, 2.05) is 18.2 Å². The maximum atomic E-state index is 12.6. The van der Waals surface area contributed by atoms with Gasteiger partial charge in [-0.05, 0) is 31.4 Å². The number of carbonyl (C=O) groups excluding carboxylic acids is 1. The Balaban J connectivity index is 1.80. The van der Waals surface area contributed by atoms with Gasteiger partial charge in [0.15, 0.2) is 0 Å². The number of aromatic amines is 1. The van der Waals surface area contributed by atoms with Gasteiger partial charge in [-0.25, -0.2) is 4.68 Å². The molecule has 0 spiro atoms. The van der Waals surface area contributed by atoms with Gasteiger partial charge in [0.1, 0.15) is 5.69 Å². The zero-order valence-electron chi connectivity index (χ0n) is 13.3. The third-order valence-corrected chi connectivity index (χ3v) is 4.46. The molecule has 0 saturated carbocycles. The fourth-order valence-electron chi connectivity index (χ4n) is 2.98. The third-order valence-electron chi connectivity index (χ3n) is 4.46. The minimum Gasteiger partial charge on any atom is -0.393 e. The van der Waals surface area contributed by atoms with Crippen molar-refractivity contribution in [1.29, 1.82) is 0 Å². The molecule has 1 aromatic heterocycles. The van der Waals surface area contributed by atoms with E-state index in [1.54, 1.807) is 17.0 Å². The number of benzene rings is 1. The van der Waals surface area contributed by atoms with Crippen LogP contribution in [0.2, 0.25) is 0 Å². The number of aromatic nitrogens is 2. The van der Waals surface area contributed by atoms with Crippen LogP contribution in [-0.4, -0.2) is 56.1 Å². The molecule has 24 heavy (non-hydrogen) atoms. The predicted octanol–water partition coefficient (Wildman–Crippen LogP) is 0.515. The van der Waals surface area contributed by atoms with Crippen molar-refractivity contribution in [1.82, 2.24) is 14.7 Å². The van der Waals surface area contributed by atoms with E-state index in [2.05, 4.69) is 5.10 Å². The first-order chi connectivity index (χ1) is 11.5. The van der Waals surface area contributed by atoms with E-state index in [-0.39, 0.29) is 23.8 Å². The molecular weight excluding hydrogens is 310 g/mol. The van der Waals surface area contributed by atoms with Crippen LogP contribution in [0, 0.1) is 0 Å². The number of nitrogens with zero attached hydrogens (tertiary/aromatic N) is 2. The molecule has 1 aliphatic rings. The number of para-hydroxylation sites is 1. The summed E-state index contributed by atoms with van der Waals surface area (Å²) in [6.45, 7) is 0.518. The Labute approximate surface area is 139 Å². The van der Waals surface area contributed by atoms with Gasteiger partial charge in [0.2, 0.25) is 0 Å². The Morgan fingerprint density at radius 3 is 2.67 bits per heavy atom. The monoisotopic (exact) mass is 331 g/mol. The highest BCUT2D eigenvalue weighted by Gasteiger charge is 2.31. The topological polar surface area (TPSA) is 98.6 Å². The predicted molar refractivity (Wildman–Crippen MR) is 88.2 cm³/mol. The van der Waals surface area contributed by atoms with Crippen molar-refractivity contribution in [2.24, 2.45) is 0 Å². The van der Waals surface area contributed by atoms with E-state index >= 15 is 0 Å². The molecule has 1 aromatic carbocycles. The molecule has 1 aliphatic heterocycles. The Bertz CT molecular complexity index is 768. The number of hydrogen-bond acceptors (Lipinski definition) is 4. The van der Waals surface area contributed by atoms with Crippen LogP contribution in [0.5, 0.6) is 0 Å². The highest BCUT2D eigenvalue weighted by atomic mass is 16.3. The van der Waals surface area contributed by atoms with Crippen LogP contribution in [0.4, 0.5) is 0 Å². The molecule has 128 valence electrons. The van der Waals surface area contributed by atoms with Crippen molar-refractivity contribution in [2.75, 3.05) is 19.7 Å². The summed E-state index contributed by atoms with van der Waals surface area (Å²) >= 11 is 0. The van der Waals surface area contributed by atoms with Gasteiger partial charge in [0.05, 0.1) is 17.9 Å². The molecule has 3 N–H and O–H groups in total. The van der Waals surface area contributed by atoms with Crippen molar-refractivity contribution < 1.29 is 15.0 Å². The van der Waals surface area contributed by atoms with E-state index in [0.29, 0.717) is 38.0 Å². The Hall–Kier alpha value is -2.38. The Morgan fingerprint density at radius 2 is 1.96 bits per heavy atom. The van der Waals surface area contributed by atoms with Gasteiger partial charge in [0, 0.05) is 19.2 Å². The summed E-state index contributed by atoms with van der Waals surface area (Å²) in [5.41, 5.74) is -0.546. The van der Waals surface area contributed by atoms with Crippen LogP contribution in [0.25, 0.3) is 5.69 Å². The molecule has 0 unspecified atom stereocenters. The summed E-state index contributed by atoms with van der Waals surface area (Å²) < 4.78 is 1.33. The highest BCUT2D eigenvalue weighted by molar-refractivity contribution is 5.92. The normalized spacial score (nSPS) is 21.5. The fraction of sp³-hybridized carbons (Fsp3) is 0.412. The molecule has 1 atom stereocenters. The van der Waals surface area contributed by atoms with Crippen LogP contribution >= 0.6 is 0 Å². The summed E-state index contributed by atoms with van der Waals surface area (Å²) in [4.78, 5) is 26.4. The summed E-state index contributed by atoms with van der Waals surface area (Å²) in [5.74, 6) is -0.274. The SMILES string of the molecule is O=C(c1cc(=O)n(-c2ccccc2)[nH]1)N1CCC[C@](O)(CO)CC1. The Kier molecular flexibility index (Phi) is 4.55. The molecule has 0 radical (unpaired) electrons. The fourth-order valence-corrected chi connectivity index (χ4v) is 2.98. The van der Waals surface area contributed by atoms with Gasteiger partial charge in [-0.3, -0.25) is 14.7 Å². The van der Waals surface area contributed by atoms with Crippen LogP contribution in [0.15, 0.2) is 41.2 Å². The largest absolute Gasteiger partial charge is 0.393 e. The number of hydrogen-bond donors (Lipinski definition) is 3. The van der Waals surface area contributed by atoms with E-state index in [4.69, 9.17) is 0 Å². The van der Waals surface area contributed by atoms with Gasteiger partial charge >= 0.3 is 0 Å². The second-order valence-corrected chi connectivity index (χ2v) is 6.21. The lowest BCUT2D eigenvalue weighted by molar-refractivity contribution is -0.0250. The van der Waals surface area contributed by atoms with Gasteiger partial charge in [-0.15, -0.1) is 0 Å². The van der Waals surface area contributed by atoms with Crippen LogP contribution < -0.4 is 5.56 Å². The zero-order chi connectivity index (χ0) is 17.2. The van der Waals surface area contributed by atoms with Crippen molar-refractivity contribution in [2.45, 2.75) is 24.9 Å². The molecule has 0 aliphatic carbocycles. The first kappa shape index (κ1) is 16.5. The minimum atomic E-state index is -1.13. The minimum absolute atomic E-state index is 0.221. The number of rotatable bonds is 3. The number of aliphatic hydroxyl groups excluding tert-OH is 1. The van der Waals surface area contributed by atoms with Gasteiger partial charge in [-0.2, -0.15) is 0 Å². The van der Waals surface area contributed by atoms with Crippen LogP contribution in [0.1, 0.15) is 29.8 Å². The quantitative estimate of drug-likeness (QED) is 0.763. The lowest BCUT2D eigenvalue weighted by atomic mass is 9.96. The van der Waals surface area contributed by atoms with Gasteiger partial charge in [-0.1, -0.05) is 18.2 Å². The second-order valence-electron chi connectivity index (χ2n) is 6.21. The first-order valence-corrected chi connectivity index (χ1v) is 8.02. The summed E-state index contributed by atoms with van der Waals surface area (Å²) in [7, 11) is 0. The molecule has 0 bridgehead atoms. The number of carbonyl (C=O) groups is 1. The van der Waals surface area contributed by atoms with Crippen molar-refractivity contribution >= 4 is 5.91 Å². The molecule has 7 heteroatoms. The van der Waals surface area contributed by atoms with Crippen LogP contribution in [0.3, 0.4) is 0 Å². The van der Waals surface area contributed by atoms with E-state index in [1.165, 1.54) is 10.7 Å². The lowest BCUT2D eigenvalue weighted by Crippen LogP contribution is -2.36. The van der Waals surface area contributed by atoms with Gasteiger partial charge in [0.25, 0.3) is 11.5 Å². The summed E-state index contributed by atoms with van der Waals surface area (Å²) in [6, 6.07) is 10.3. The number of likely N-dealkylation sites (tertiary alicyclic amines) is 1. The smallest absolute Gasteiger partial charge is 0.271 e. The average molecular weight is 331 g/mol. The first-order valence-electron chi connectivity index (χ1n) is 8.02. The van der Waals surface area contributed by atoms with Gasteiger partial charge < -0.3 is 15.1 Å². The average Bonchev–Trinajstić information content (AvgIpc) is 2.88. The van der Waals surface area contributed by atoms with E-state index in [9.17, 15) is 19.8 Å². The molecular formula is C17H21N3O4. The highest BCUT2D eigenvalue weighted by Crippen LogP contribution is 2.22. The standard InChI is InChI=1S/C17H21N3O4/c21-12-17(24)7-4-9-19(10-8-17)16(23)14-11-15(22)20(18-14)13-5-2-1-3-6-13/h1-3,5-6,11,18,21,24H,4,7-10,12H2/t17-/m1/s1. The second kappa shape index (κ2) is 6.62. The molecule has 1 fully saturated rings. The van der Waals surface area contributed by atoms with Crippen molar-refractivity contribution in [3.63, 3.8) is 0 Å². The maximum Gasteiger partial charge on any atom is 0.271 e. The lowest BCUT2D eigenvalue weighted by Gasteiger charge is -2.24. The van der Waals surface area contributed by atoms with E-state index in [0.717, 1.165) is 0 Å². The molecule has 1 amide bonds. The number of aliphatic hydroxyl groups is 2. The third kappa shape index (κ3) is 3.27. The zero-order valence-corrected chi connectivity index (χ0v) is 13.3. The Morgan fingerprint density at radius 1 is 1.21 bits per heavy atom. The van der Waals surface area contributed by atoms with E-state index < -0.39 is 5.60 Å². The summed E-state index contributed by atoms with van der Waals surface area (Å²) in [5, 5.41) is 22.3. The van der Waals surface area contributed by atoms with Crippen LogP contribution in [-0.2, 0) is 0 Å². The van der Waals surface area contributed by atoms with Crippen molar-refractivity contribution in [3.05, 3.63) is 52.4 Å². The number of amides is 1.